The number of aromatic nitrogens is 1. The van der Waals surface area contributed by atoms with Crippen molar-refractivity contribution in [2.45, 2.75) is 13.8 Å². The number of benzene rings is 2. The molecule has 3 aromatic rings. The summed E-state index contributed by atoms with van der Waals surface area (Å²) in [5, 5.41) is 6.39. The van der Waals surface area contributed by atoms with E-state index < -0.39 is 0 Å². The molecule has 0 unspecified atom stereocenters. The molecular weight excluding hydrogens is 348 g/mol. The predicted octanol–water partition coefficient (Wildman–Crippen LogP) is 5.31. The molecule has 21 heavy (non-hydrogen) atoms. The summed E-state index contributed by atoms with van der Waals surface area (Å²) >= 11 is 4.89. The highest BCUT2D eigenvalue weighted by atomic mass is 79.9. The average molecular weight is 361 g/mol. The number of aryl methyl sites for hydroxylation is 1. The van der Waals surface area contributed by atoms with Gasteiger partial charge < -0.3 is 5.32 Å². The van der Waals surface area contributed by atoms with Gasteiger partial charge in [-0.3, -0.25) is 4.79 Å². The maximum Gasteiger partial charge on any atom is 0.164 e. The van der Waals surface area contributed by atoms with Gasteiger partial charge in [0.25, 0.3) is 0 Å². The SMILES string of the molecule is CC(=O)c1c(C)nsc1Nc1ccc(Br)c2ccccc12. The number of anilines is 2. The molecular formula is C16H13BrN2OS. The highest BCUT2D eigenvalue weighted by Crippen LogP contribution is 2.34. The third-order valence-electron chi connectivity index (χ3n) is 3.33. The summed E-state index contributed by atoms with van der Waals surface area (Å²) in [7, 11) is 0. The number of fused-ring (bicyclic) bond motifs is 1. The van der Waals surface area contributed by atoms with Crippen LogP contribution >= 0.6 is 27.5 Å². The van der Waals surface area contributed by atoms with Gasteiger partial charge in [0.05, 0.1) is 11.3 Å². The number of halogens is 1. The Balaban J connectivity index is 2.11. The van der Waals surface area contributed by atoms with Crippen molar-refractivity contribution in [3.63, 3.8) is 0 Å². The fraction of sp³-hybridized carbons (Fsp3) is 0.125. The van der Waals surface area contributed by atoms with Gasteiger partial charge in [-0.15, -0.1) is 0 Å². The molecule has 0 radical (unpaired) electrons. The maximum atomic E-state index is 11.8. The molecule has 3 rings (SSSR count). The van der Waals surface area contributed by atoms with Crippen LogP contribution in [0.2, 0.25) is 0 Å². The monoisotopic (exact) mass is 360 g/mol. The number of carbonyl (C=O) groups is 1. The molecule has 3 nitrogen and oxygen atoms in total. The largest absolute Gasteiger partial charge is 0.345 e. The highest BCUT2D eigenvalue weighted by Gasteiger charge is 2.15. The van der Waals surface area contributed by atoms with Gasteiger partial charge in [0.15, 0.2) is 5.78 Å². The van der Waals surface area contributed by atoms with E-state index in [0.29, 0.717) is 5.56 Å². The zero-order chi connectivity index (χ0) is 15.0. The van der Waals surface area contributed by atoms with Crippen LogP contribution in [0, 0.1) is 6.92 Å². The molecule has 0 saturated carbocycles. The van der Waals surface area contributed by atoms with Gasteiger partial charge in [0, 0.05) is 15.5 Å². The Labute approximate surface area is 135 Å². The Morgan fingerprint density at radius 1 is 1.19 bits per heavy atom. The predicted molar refractivity (Wildman–Crippen MR) is 91.8 cm³/mol. The number of Topliss-reactive ketones (excluding diaryl/α,β-unsaturated/α-hetero) is 1. The fourth-order valence-electron chi connectivity index (χ4n) is 2.36. The topological polar surface area (TPSA) is 42.0 Å². The minimum absolute atomic E-state index is 0.0326. The number of nitrogens with zero attached hydrogens (tertiary/aromatic N) is 1. The van der Waals surface area contributed by atoms with Gasteiger partial charge in [-0.25, -0.2) is 0 Å². The molecule has 0 fully saturated rings. The van der Waals surface area contributed by atoms with E-state index in [9.17, 15) is 4.79 Å². The number of carbonyl (C=O) groups excluding carboxylic acids is 1. The summed E-state index contributed by atoms with van der Waals surface area (Å²) < 4.78 is 5.33. The quantitative estimate of drug-likeness (QED) is 0.643. The molecule has 5 heteroatoms. The van der Waals surface area contributed by atoms with E-state index in [-0.39, 0.29) is 5.78 Å². The normalized spacial score (nSPS) is 10.8. The van der Waals surface area contributed by atoms with Crippen LogP contribution in [0.3, 0.4) is 0 Å². The molecule has 1 aromatic heterocycles. The molecule has 0 atom stereocenters. The number of hydrogen-bond donors (Lipinski definition) is 1. The summed E-state index contributed by atoms with van der Waals surface area (Å²) in [5.74, 6) is 0.0326. The third-order valence-corrected chi connectivity index (χ3v) is 4.88. The van der Waals surface area contributed by atoms with Crippen molar-refractivity contribution >= 4 is 54.7 Å². The van der Waals surface area contributed by atoms with Crippen LogP contribution in [0.5, 0.6) is 0 Å². The fourth-order valence-corrected chi connectivity index (χ4v) is 3.70. The lowest BCUT2D eigenvalue weighted by Crippen LogP contribution is -1.99. The molecule has 106 valence electrons. The van der Waals surface area contributed by atoms with Gasteiger partial charge >= 0.3 is 0 Å². The molecule has 0 amide bonds. The van der Waals surface area contributed by atoms with Crippen molar-refractivity contribution in [1.29, 1.82) is 0 Å². The molecule has 1 heterocycles. The van der Waals surface area contributed by atoms with Crippen molar-refractivity contribution < 1.29 is 4.79 Å². The van der Waals surface area contributed by atoms with Crippen LogP contribution in [0.4, 0.5) is 10.7 Å². The third kappa shape index (κ3) is 2.59. The van der Waals surface area contributed by atoms with Crippen LogP contribution in [0.1, 0.15) is 23.0 Å². The first-order chi connectivity index (χ1) is 10.1. The van der Waals surface area contributed by atoms with Crippen LogP contribution in [0.15, 0.2) is 40.9 Å². The van der Waals surface area contributed by atoms with Crippen LogP contribution in [0.25, 0.3) is 10.8 Å². The van der Waals surface area contributed by atoms with E-state index in [2.05, 4.69) is 37.8 Å². The van der Waals surface area contributed by atoms with Crippen molar-refractivity contribution in [1.82, 2.24) is 4.37 Å². The molecule has 0 aliphatic carbocycles. The summed E-state index contributed by atoms with van der Waals surface area (Å²) in [5.41, 5.74) is 2.42. The zero-order valence-corrected chi connectivity index (χ0v) is 14.0. The van der Waals surface area contributed by atoms with Crippen LogP contribution in [-0.2, 0) is 0 Å². The van der Waals surface area contributed by atoms with Crippen molar-refractivity contribution in [2.75, 3.05) is 5.32 Å². The van der Waals surface area contributed by atoms with E-state index in [4.69, 9.17) is 0 Å². The Bertz CT molecular complexity index is 841. The number of nitrogens with one attached hydrogen (secondary N) is 1. The number of hydrogen-bond acceptors (Lipinski definition) is 4. The smallest absolute Gasteiger partial charge is 0.164 e. The maximum absolute atomic E-state index is 11.8. The highest BCUT2D eigenvalue weighted by molar-refractivity contribution is 9.10. The molecule has 0 aliphatic rings. The molecule has 0 saturated heterocycles. The van der Waals surface area contributed by atoms with Crippen molar-refractivity contribution in [3.8, 4) is 0 Å². The van der Waals surface area contributed by atoms with Crippen molar-refractivity contribution in [3.05, 3.63) is 52.1 Å². The Hall–Kier alpha value is -1.72. The first kappa shape index (κ1) is 14.2. The van der Waals surface area contributed by atoms with E-state index >= 15 is 0 Å². The number of ketones is 1. The van der Waals surface area contributed by atoms with Gasteiger partial charge in [-0.1, -0.05) is 40.2 Å². The standard InChI is InChI=1S/C16H13BrN2OS/c1-9-15(10(2)20)16(21-19-9)18-14-8-7-13(17)11-5-3-4-6-12(11)14/h3-8,18H,1-2H3. The second-order valence-electron chi connectivity index (χ2n) is 4.79. The number of rotatable bonds is 3. The second kappa shape index (κ2) is 5.58. The Kier molecular flexibility index (Phi) is 3.78. The van der Waals surface area contributed by atoms with Gasteiger partial charge in [-0.05, 0) is 42.9 Å². The van der Waals surface area contributed by atoms with E-state index in [0.717, 1.165) is 31.6 Å². The first-order valence-corrected chi connectivity index (χ1v) is 8.06. The van der Waals surface area contributed by atoms with Crippen molar-refractivity contribution in [2.24, 2.45) is 0 Å². The first-order valence-electron chi connectivity index (χ1n) is 6.49. The Morgan fingerprint density at radius 3 is 2.62 bits per heavy atom. The Morgan fingerprint density at radius 2 is 1.90 bits per heavy atom. The van der Waals surface area contributed by atoms with Gasteiger partial charge in [0.2, 0.25) is 0 Å². The zero-order valence-electron chi connectivity index (χ0n) is 11.6. The van der Waals surface area contributed by atoms with E-state index in [1.54, 1.807) is 6.92 Å². The molecule has 1 N–H and O–H groups in total. The summed E-state index contributed by atoms with van der Waals surface area (Å²) in [6.07, 6.45) is 0. The molecule has 0 bridgehead atoms. The average Bonchev–Trinajstić information content (AvgIpc) is 2.83. The lowest BCUT2D eigenvalue weighted by Gasteiger charge is -2.10. The van der Waals surface area contributed by atoms with E-state index in [1.807, 2.05) is 31.2 Å². The molecule has 0 aliphatic heterocycles. The lowest BCUT2D eigenvalue weighted by molar-refractivity contribution is 0.101. The lowest BCUT2D eigenvalue weighted by atomic mass is 10.1. The second-order valence-corrected chi connectivity index (χ2v) is 6.42. The summed E-state index contributed by atoms with van der Waals surface area (Å²) in [6.45, 7) is 3.43. The summed E-state index contributed by atoms with van der Waals surface area (Å²) in [4.78, 5) is 11.8. The van der Waals surface area contributed by atoms with Gasteiger partial charge in [0.1, 0.15) is 5.00 Å². The molecule has 0 spiro atoms. The van der Waals surface area contributed by atoms with Crippen LogP contribution < -0.4 is 5.32 Å². The minimum Gasteiger partial charge on any atom is -0.345 e. The summed E-state index contributed by atoms with van der Waals surface area (Å²) in [6, 6.07) is 12.1. The minimum atomic E-state index is 0.0326. The molecule has 2 aromatic carbocycles. The van der Waals surface area contributed by atoms with Crippen LogP contribution in [-0.4, -0.2) is 10.2 Å². The van der Waals surface area contributed by atoms with E-state index in [1.165, 1.54) is 11.5 Å². The van der Waals surface area contributed by atoms with Gasteiger partial charge in [-0.2, -0.15) is 4.37 Å².